The third-order valence-electron chi connectivity index (χ3n) is 6.38. The molecule has 0 aliphatic carbocycles. The largest absolute Gasteiger partial charge is 0.353 e. The van der Waals surface area contributed by atoms with Crippen molar-refractivity contribution in [3.63, 3.8) is 0 Å². The summed E-state index contributed by atoms with van der Waals surface area (Å²) in [4.78, 5) is 51.7. The molecular formula is C25H26N6O4. The van der Waals surface area contributed by atoms with E-state index in [0.717, 1.165) is 11.4 Å². The molecule has 1 saturated heterocycles. The SMILES string of the molecule is CCc1nc(-c2ccc(N3CCN(C(=O)CCCN4C(=O)c5ccccc5C4=O)CC3)nc2)no1. The Bertz CT molecular complexity index is 1210. The lowest BCUT2D eigenvalue weighted by Gasteiger charge is -2.35. The van der Waals surface area contributed by atoms with Crippen LogP contribution in [0.1, 0.15) is 46.4 Å². The summed E-state index contributed by atoms with van der Waals surface area (Å²) in [5, 5.41) is 3.97. The number of piperazine rings is 1. The molecule has 2 aliphatic rings. The summed E-state index contributed by atoms with van der Waals surface area (Å²) in [5.74, 6) is 1.43. The first-order valence-corrected chi connectivity index (χ1v) is 11.8. The molecule has 180 valence electrons. The molecule has 5 rings (SSSR count). The zero-order valence-electron chi connectivity index (χ0n) is 19.5. The lowest BCUT2D eigenvalue weighted by Crippen LogP contribution is -2.49. The maximum absolute atomic E-state index is 12.7. The molecule has 4 heterocycles. The van der Waals surface area contributed by atoms with Crippen LogP contribution in [0.5, 0.6) is 0 Å². The molecule has 0 radical (unpaired) electrons. The van der Waals surface area contributed by atoms with Gasteiger partial charge in [-0.3, -0.25) is 19.3 Å². The van der Waals surface area contributed by atoms with E-state index in [9.17, 15) is 14.4 Å². The predicted octanol–water partition coefficient (Wildman–Crippen LogP) is 2.42. The Morgan fingerprint density at radius 3 is 2.31 bits per heavy atom. The summed E-state index contributed by atoms with van der Waals surface area (Å²) in [6, 6.07) is 10.7. The number of carbonyl (C=O) groups is 3. The van der Waals surface area contributed by atoms with Crippen LogP contribution in [0.25, 0.3) is 11.4 Å². The molecule has 35 heavy (non-hydrogen) atoms. The first kappa shape index (κ1) is 22.7. The van der Waals surface area contributed by atoms with Crippen LogP contribution in [0, 0.1) is 0 Å². The van der Waals surface area contributed by atoms with Gasteiger partial charge < -0.3 is 14.3 Å². The molecule has 0 bridgehead atoms. The molecular weight excluding hydrogens is 448 g/mol. The third-order valence-corrected chi connectivity index (χ3v) is 6.38. The van der Waals surface area contributed by atoms with Crippen molar-refractivity contribution in [2.45, 2.75) is 26.2 Å². The maximum Gasteiger partial charge on any atom is 0.261 e. The van der Waals surface area contributed by atoms with Crippen LogP contribution in [0.3, 0.4) is 0 Å². The standard InChI is InChI=1S/C25H26N6O4/c1-2-21-27-23(28-35-21)17-9-10-20(26-16-17)29-12-14-30(15-13-29)22(32)8-5-11-31-24(33)18-6-3-4-7-19(18)25(31)34/h3-4,6-7,9-10,16H,2,5,8,11-15H2,1H3. The first-order valence-electron chi connectivity index (χ1n) is 11.8. The van der Waals surface area contributed by atoms with E-state index in [-0.39, 0.29) is 24.3 Å². The predicted molar refractivity (Wildman–Crippen MR) is 127 cm³/mol. The number of imide groups is 1. The number of nitrogens with zero attached hydrogens (tertiary/aromatic N) is 6. The molecule has 0 unspecified atom stereocenters. The van der Waals surface area contributed by atoms with E-state index in [1.165, 1.54) is 4.90 Å². The van der Waals surface area contributed by atoms with E-state index in [0.29, 0.717) is 68.3 Å². The molecule has 3 aromatic rings. The van der Waals surface area contributed by atoms with E-state index in [1.807, 2.05) is 24.0 Å². The van der Waals surface area contributed by atoms with Crippen molar-refractivity contribution in [1.29, 1.82) is 0 Å². The van der Waals surface area contributed by atoms with E-state index in [4.69, 9.17) is 4.52 Å². The van der Waals surface area contributed by atoms with Crippen molar-refractivity contribution in [2.24, 2.45) is 0 Å². The number of anilines is 1. The number of pyridine rings is 1. The van der Waals surface area contributed by atoms with Crippen LogP contribution in [0.2, 0.25) is 0 Å². The van der Waals surface area contributed by atoms with Crippen LogP contribution in [-0.2, 0) is 11.2 Å². The van der Waals surface area contributed by atoms with Crippen molar-refractivity contribution in [1.82, 2.24) is 24.9 Å². The third kappa shape index (κ3) is 4.51. The number of benzene rings is 1. The lowest BCUT2D eigenvalue weighted by atomic mass is 10.1. The van der Waals surface area contributed by atoms with Gasteiger partial charge in [0.15, 0.2) is 0 Å². The molecule has 0 saturated carbocycles. The van der Waals surface area contributed by atoms with Gasteiger partial charge in [0.2, 0.25) is 17.6 Å². The second-order valence-electron chi connectivity index (χ2n) is 8.55. The van der Waals surface area contributed by atoms with Crippen LogP contribution in [-0.4, -0.2) is 75.4 Å². The van der Waals surface area contributed by atoms with Gasteiger partial charge in [-0.2, -0.15) is 4.98 Å². The summed E-state index contributed by atoms with van der Waals surface area (Å²) in [5.41, 5.74) is 1.67. The maximum atomic E-state index is 12.7. The van der Waals surface area contributed by atoms with Crippen LogP contribution in [0.15, 0.2) is 47.1 Å². The summed E-state index contributed by atoms with van der Waals surface area (Å²) in [6.45, 7) is 4.75. The fraction of sp³-hybridized carbons (Fsp3) is 0.360. The van der Waals surface area contributed by atoms with E-state index >= 15 is 0 Å². The van der Waals surface area contributed by atoms with Gasteiger partial charge in [-0.25, -0.2) is 4.98 Å². The number of aromatic nitrogens is 3. The Kier molecular flexibility index (Phi) is 6.26. The normalized spacial score (nSPS) is 15.6. The molecule has 3 amide bonds. The number of amides is 3. The summed E-state index contributed by atoms with van der Waals surface area (Å²) in [7, 11) is 0. The van der Waals surface area contributed by atoms with Gasteiger partial charge in [0.05, 0.1) is 11.1 Å². The minimum atomic E-state index is -0.282. The fourth-order valence-corrected chi connectivity index (χ4v) is 4.39. The monoisotopic (exact) mass is 474 g/mol. The van der Waals surface area contributed by atoms with E-state index < -0.39 is 0 Å². The molecule has 10 heteroatoms. The second kappa shape index (κ2) is 9.65. The van der Waals surface area contributed by atoms with Gasteiger partial charge >= 0.3 is 0 Å². The van der Waals surface area contributed by atoms with Gasteiger partial charge in [0.25, 0.3) is 11.8 Å². The number of carbonyl (C=O) groups excluding carboxylic acids is 3. The Labute approximate surface area is 202 Å². The summed E-state index contributed by atoms with van der Waals surface area (Å²) < 4.78 is 5.16. The molecule has 10 nitrogen and oxygen atoms in total. The molecule has 2 aromatic heterocycles. The van der Waals surface area contributed by atoms with Gasteiger partial charge in [-0.1, -0.05) is 24.2 Å². The highest BCUT2D eigenvalue weighted by Gasteiger charge is 2.34. The van der Waals surface area contributed by atoms with Crippen molar-refractivity contribution >= 4 is 23.5 Å². The number of fused-ring (bicyclic) bond motifs is 1. The van der Waals surface area contributed by atoms with Gasteiger partial charge in [0, 0.05) is 57.3 Å². The number of hydrogen-bond donors (Lipinski definition) is 0. The summed E-state index contributed by atoms with van der Waals surface area (Å²) >= 11 is 0. The van der Waals surface area contributed by atoms with Crippen molar-refractivity contribution in [2.75, 3.05) is 37.6 Å². The van der Waals surface area contributed by atoms with Crippen LogP contribution in [0.4, 0.5) is 5.82 Å². The van der Waals surface area contributed by atoms with E-state index in [1.54, 1.807) is 30.5 Å². The lowest BCUT2D eigenvalue weighted by molar-refractivity contribution is -0.131. The topological polar surface area (TPSA) is 113 Å². The molecule has 1 aromatic carbocycles. The highest BCUT2D eigenvalue weighted by atomic mass is 16.5. The highest BCUT2D eigenvalue weighted by molar-refractivity contribution is 6.21. The number of hydrogen-bond acceptors (Lipinski definition) is 8. The Hall–Kier alpha value is -4.08. The molecule has 0 N–H and O–H groups in total. The van der Waals surface area contributed by atoms with E-state index in [2.05, 4.69) is 20.0 Å². The first-order chi connectivity index (χ1) is 17.0. The summed E-state index contributed by atoms with van der Waals surface area (Å²) in [6.07, 6.45) is 3.16. The average molecular weight is 475 g/mol. The van der Waals surface area contributed by atoms with Crippen molar-refractivity contribution in [3.05, 3.63) is 59.6 Å². The molecule has 2 aliphatic heterocycles. The average Bonchev–Trinajstić information content (AvgIpc) is 3.48. The Morgan fingerprint density at radius 2 is 1.71 bits per heavy atom. The molecule has 0 atom stereocenters. The Morgan fingerprint density at radius 1 is 1.00 bits per heavy atom. The second-order valence-corrected chi connectivity index (χ2v) is 8.55. The van der Waals surface area contributed by atoms with Gasteiger partial charge in [-0.15, -0.1) is 0 Å². The van der Waals surface area contributed by atoms with Crippen molar-refractivity contribution in [3.8, 4) is 11.4 Å². The highest BCUT2D eigenvalue weighted by Crippen LogP contribution is 2.23. The fourth-order valence-electron chi connectivity index (χ4n) is 4.39. The minimum absolute atomic E-state index is 0.0356. The number of rotatable bonds is 7. The quantitative estimate of drug-likeness (QED) is 0.480. The molecule has 1 fully saturated rings. The smallest absolute Gasteiger partial charge is 0.261 e. The van der Waals surface area contributed by atoms with Crippen LogP contribution >= 0.6 is 0 Å². The van der Waals surface area contributed by atoms with Crippen molar-refractivity contribution < 1.29 is 18.9 Å². The minimum Gasteiger partial charge on any atom is -0.353 e. The zero-order valence-corrected chi connectivity index (χ0v) is 19.5. The van der Waals surface area contributed by atoms with Crippen LogP contribution < -0.4 is 4.90 Å². The van der Waals surface area contributed by atoms with Gasteiger partial charge in [-0.05, 0) is 30.7 Å². The number of aryl methyl sites for hydroxylation is 1. The Balaban J connectivity index is 1.09. The van der Waals surface area contributed by atoms with Gasteiger partial charge in [0.1, 0.15) is 5.82 Å². The molecule has 0 spiro atoms. The zero-order chi connectivity index (χ0) is 24.4.